The van der Waals surface area contributed by atoms with Gasteiger partial charge in [0.05, 0.1) is 44.5 Å². The van der Waals surface area contributed by atoms with E-state index >= 15 is 0 Å². The van der Waals surface area contributed by atoms with Crippen LogP contribution in [0.4, 0.5) is 105 Å². The van der Waals surface area contributed by atoms with Crippen LogP contribution in [0.1, 0.15) is 50.1 Å². The molecule has 7 aromatic rings. The van der Waals surface area contributed by atoms with E-state index in [0.717, 1.165) is 11.6 Å². The molecule has 27 heteroatoms. The molecular weight excluding hydrogens is 1090 g/mol. The molecule has 400 valence electrons. The maximum atomic E-state index is 14.2. The number of aromatic nitrogens is 1. The zero-order chi connectivity index (χ0) is 56.3. The average molecular weight is 1120 g/mol. The highest BCUT2D eigenvalue weighted by Crippen LogP contribution is 2.41. The van der Waals surface area contributed by atoms with Crippen molar-refractivity contribution in [1.82, 2.24) is 0 Å². The van der Waals surface area contributed by atoms with E-state index < -0.39 is 195 Å². The summed E-state index contributed by atoms with van der Waals surface area (Å²) in [5.41, 5.74) is -27.7. The standard InChI is InChI=1S/C32H12BF24.C16H13NS/c34-25(35,36)13-1-14(26(37,38)39)6-21(5-13)33(22-7-15(27(40,41)42)2-16(8-22)28(43,44)45,23-9-17(29(46,47)48)3-18(10-23)30(49,50)51)24-11-19(31(52,53)54)4-20(12-24)32(55,56)57;18-16-11-10-14-8-4-5-9-15(14)17(16)12-13-6-2-1-3-7-13/h1-12H;1-11H,12H2/q-1;/p+1. The average Bonchev–Trinajstić information content (AvgIpc) is 3.28. The predicted molar refractivity (Wildman–Crippen MR) is 227 cm³/mol. The van der Waals surface area contributed by atoms with Gasteiger partial charge in [0, 0.05) is 23.1 Å². The maximum absolute atomic E-state index is 14.2. The van der Waals surface area contributed by atoms with E-state index in [-0.39, 0.29) is 0 Å². The Kier molecular flexibility index (Phi) is 15.3. The molecule has 0 fully saturated rings. The third-order valence-electron chi connectivity index (χ3n) is 11.5. The van der Waals surface area contributed by atoms with Gasteiger partial charge < -0.3 is 0 Å². The molecular formula is C48H26BF24NS. The van der Waals surface area contributed by atoms with Crippen molar-refractivity contribution in [3.05, 3.63) is 190 Å². The second kappa shape index (κ2) is 19.9. The molecule has 0 saturated carbocycles. The first-order valence-corrected chi connectivity index (χ1v) is 21.1. The smallest absolute Gasteiger partial charge is 0.194 e. The largest absolute Gasteiger partial charge is 0.416 e. The van der Waals surface area contributed by atoms with E-state index in [4.69, 9.17) is 0 Å². The van der Waals surface area contributed by atoms with E-state index in [2.05, 4.69) is 71.8 Å². The van der Waals surface area contributed by atoms with E-state index in [1.54, 1.807) is 0 Å². The zero-order valence-electron chi connectivity index (χ0n) is 36.5. The molecule has 0 spiro atoms. The maximum Gasteiger partial charge on any atom is 0.416 e. The number of rotatable bonds is 6. The number of nitrogens with zero attached hydrogens (tertiary/aromatic N) is 1. The Hall–Kier alpha value is -6.54. The van der Waals surface area contributed by atoms with Crippen LogP contribution < -0.4 is 26.4 Å². The van der Waals surface area contributed by atoms with Crippen LogP contribution >= 0.6 is 12.6 Å². The lowest BCUT2D eigenvalue weighted by atomic mass is 9.12. The molecule has 0 aliphatic carbocycles. The molecule has 1 heterocycles. The van der Waals surface area contributed by atoms with Crippen LogP contribution in [0, 0.1) is 0 Å². The van der Waals surface area contributed by atoms with Crippen molar-refractivity contribution < 1.29 is 110 Å². The monoisotopic (exact) mass is 1120 g/mol. The number of hydrogen-bond donors (Lipinski definition) is 1. The summed E-state index contributed by atoms with van der Waals surface area (Å²) >= 11 is 4.57. The number of fused-ring (bicyclic) bond motifs is 1. The molecule has 0 N–H and O–H groups in total. The Balaban J connectivity index is 0.000000421. The van der Waals surface area contributed by atoms with Gasteiger partial charge in [-0.05, 0) is 36.4 Å². The molecule has 6 aromatic carbocycles. The normalized spacial score (nSPS) is 13.5. The first kappa shape index (κ1) is 57.7. The summed E-state index contributed by atoms with van der Waals surface area (Å²) in [5.74, 6) is 0. The lowest BCUT2D eigenvalue weighted by Crippen LogP contribution is -2.75. The first-order chi connectivity index (χ1) is 34.1. The summed E-state index contributed by atoms with van der Waals surface area (Å²) in [5, 5.41) is 2.23. The number of halogens is 24. The van der Waals surface area contributed by atoms with Crippen LogP contribution in [0.3, 0.4) is 0 Å². The van der Waals surface area contributed by atoms with Gasteiger partial charge in [-0.1, -0.05) is 104 Å². The summed E-state index contributed by atoms with van der Waals surface area (Å²) < 4.78 is 343. The molecule has 0 amide bonds. The highest BCUT2D eigenvalue weighted by molar-refractivity contribution is 7.80. The number of para-hydroxylation sites is 1. The third-order valence-corrected chi connectivity index (χ3v) is 11.9. The minimum absolute atomic E-state index is 0.691. The van der Waals surface area contributed by atoms with Crippen molar-refractivity contribution in [3.63, 3.8) is 0 Å². The molecule has 0 bridgehead atoms. The van der Waals surface area contributed by atoms with Gasteiger partial charge in [-0.3, -0.25) is 0 Å². The number of alkyl halides is 24. The van der Waals surface area contributed by atoms with Gasteiger partial charge >= 0.3 is 49.4 Å². The van der Waals surface area contributed by atoms with Crippen LogP contribution in [0.2, 0.25) is 0 Å². The van der Waals surface area contributed by atoms with Gasteiger partial charge in [0.1, 0.15) is 6.15 Å². The fourth-order valence-electron chi connectivity index (χ4n) is 8.25. The highest BCUT2D eigenvalue weighted by atomic mass is 32.1. The van der Waals surface area contributed by atoms with E-state index in [1.807, 2.05) is 12.1 Å². The molecule has 7 rings (SSSR count). The lowest BCUT2D eigenvalue weighted by molar-refractivity contribution is -0.699. The Labute approximate surface area is 411 Å². The Morgan fingerprint density at radius 2 is 0.560 bits per heavy atom. The minimum Gasteiger partial charge on any atom is -0.194 e. The van der Waals surface area contributed by atoms with Crippen molar-refractivity contribution in [2.45, 2.75) is 61.0 Å². The first-order valence-electron chi connectivity index (χ1n) is 20.6. The van der Waals surface area contributed by atoms with Crippen molar-refractivity contribution >= 4 is 51.5 Å². The van der Waals surface area contributed by atoms with Gasteiger partial charge in [-0.2, -0.15) is 132 Å². The predicted octanol–water partition coefficient (Wildman–Crippen LogP) is 14.7. The lowest BCUT2D eigenvalue weighted by Gasteiger charge is -2.46. The fourth-order valence-corrected chi connectivity index (χ4v) is 8.51. The topological polar surface area (TPSA) is 3.88 Å². The van der Waals surface area contributed by atoms with Gasteiger partial charge in [0.15, 0.2) is 6.54 Å². The van der Waals surface area contributed by atoms with Gasteiger partial charge in [-0.15, -0.1) is 0 Å². The molecule has 0 aliphatic heterocycles. The van der Waals surface area contributed by atoms with Crippen LogP contribution in [0.5, 0.6) is 0 Å². The summed E-state index contributed by atoms with van der Waals surface area (Å²) in [6, 6.07) is 14.2. The van der Waals surface area contributed by atoms with Crippen molar-refractivity contribution in [1.29, 1.82) is 0 Å². The molecule has 75 heavy (non-hydrogen) atoms. The summed E-state index contributed by atoms with van der Waals surface area (Å²) in [4.78, 5) is 0. The number of thiol groups is 1. The van der Waals surface area contributed by atoms with Gasteiger partial charge in [0.2, 0.25) is 10.5 Å². The van der Waals surface area contributed by atoms with Crippen LogP contribution in [-0.2, 0) is 56.0 Å². The van der Waals surface area contributed by atoms with Crippen LogP contribution in [0.25, 0.3) is 10.9 Å². The van der Waals surface area contributed by atoms with Gasteiger partial charge in [0.25, 0.3) is 0 Å². The van der Waals surface area contributed by atoms with E-state index in [9.17, 15) is 105 Å². The number of hydrogen-bond acceptors (Lipinski definition) is 1. The van der Waals surface area contributed by atoms with Crippen LogP contribution in [0.15, 0.2) is 145 Å². The Morgan fingerprint density at radius 1 is 0.307 bits per heavy atom. The summed E-state index contributed by atoms with van der Waals surface area (Å²) in [7, 11) is 0. The molecule has 1 aromatic heterocycles. The van der Waals surface area contributed by atoms with Crippen molar-refractivity contribution in [2.24, 2.45) is 0 Å². The fraction of sp³-hybridized carbons (Fsp3) is 0.188. The SMILES string of the molecule is FC(F)(F)c1cc([B-](c2cc(C(F)(F)F)cc(C(F)(F)F)c2)(c2cc(C(F)(F)F)cc(C(F)(F)F)c2)c2cc(C(F)(F)F)cc(C(F)(F)F)c2)cc(C(F)(F)F)c1.Sc1ccc2ccccc2[n+]1Cc1ccccc1. The minimum atomic E-state index is -6.13. The highest BCUT2D eigenvalue weighted by Gasteiger charge is 2.47. The molecule has 0 unspecified atom stereocenters. The summed E-state index contributed by atoms with van der Waals surface area (Å²) in [6.45, 7) is 0.848. The molecule has 1 nitrogen and oxygen atoms in total. The van der Waals surface area contributed by atoms with Gasteiger partial charge in [-0.25, -0.2) is 0 Å². The number of benzene rings is 6. The second-order valence-corrected chi connectivity index (χ2v) is 17.0. The van der Waals surface area contributed by atoms with Crippen LogP contribution in [-0.4, -0.2) is 6.15 Å². The van der Waals surface area contributed by atoms with Crippen molar-refractivity contribution in [2.75, 3.05) is 0 Å². The molecule has 0 aliphatic rings. The third kappa shape index (κ3) is 12.9. The second-order valence-electron chi connectivity index (χ2n) is 16.5. The molecule has 0 saturated heterocycles. The van der Waals surface area contributed by atoms with E-state index in [0.29, 0.717) is 0 Å². The number of pyridine rings is 1. The zero-order valence-corrected chi connectivity index (χ0v) is 37.4. The Bertz CT molecular complexity index is 2760. The molecule has 0 atom stereocenters. The van der Waals surface area contributed by atoms with E-state index in [1.165, 1.54) is 16.5 Å². The molecule has 0 radical (unpaired) electrons. The summed E-state index contributed by atoms with van der Waals surface area (Å²) in [6.07, 6.45) is -54.8. The van der Waals surface area contributed by atoms with Crippen molar-refractivity contribution in [3.8, 4) is 0 Å². The quantitative estimate of drug-likeness (QED) is 0.0732. The Morgan fingerprint density at radius 3 is 0.827 bits per heavy atom.